The van der Waals surface area contributed by atoms with Crippen LogP contribution in [0.1, 0.15) is 30.1 Å². The second-order valence-corrected chi connectivity index (χ2v) is 5.42. The molecule has 0 saturated heterocycles. The lowest BCUT2D eigenvalue weighted by Gasteiger charge is -2.29. The Morgan fingerprint density at radius 1 is 1.40 bits per heavy atom. The minimum absolute atomic E-state index is 0. The van der Waals surface area contributed by atoms with Crippen LogP contribution in [0.4, 0.5) is 0 Å². The molecule has 110 valence electrons. The number of rotatable bonds is 4. The summed E-state index contributed by atoms with van der Waals surface area (Å²) >= 11 is 0. The van der Waals surface area contributed by atoms with Crippen LogP contribution in [0.3, 0.4) is 0 Å². The number of nitrogens with one attached hydrogen (secondary N) is 1. The molecule has 5 nitrogen and oxygen atoms in total. The van der Waals surface area contributed by atoms with Crippen LogP contribution in [0.5, 0.6) is 11.5 Å². The van der Waals surface area contributed by atoms with Gasteiger partial charge in [0.05, 0.1) is 5.54 Å². The van der Waals surface area contributed by atoms with Gasteiger partial charge in [0.1, 0.15) is 0 Å². The molecule has 1 aliphatic heterocycles. The van der Waals surface area contributed by atoms with Gasteiger partial charge in [0.15, 0.2) is 11.5 Å². The average Bonchev–Trinajstić information content (AvgIpc) is 3.17. The van der Waals surface area contributed by atoms with Crippen LogP contribution in [0, 0.1) is 5.92 Å². The van der Waals surface area contributed by atoms with Crippen molar-refractivity contribution in [2.45, 2.75) is 25.3 Å². The van der Waals surface area contributed by atoms with Crippen LogP contribution in [-0.2, 0) is 0 Å². The molecule has 1 amide bonds. The van der Waals surface area contributed by atoms with Crippen molar-refractivity contribution >= 4 is 18.3 Å². The Balaban J connectivity index is 0.00000147. The highest BCUT2D eigenvalue weighted by atomic mass is 35.5. The number of carbonyl (C=O) groups excluding carboxylic acids is 1. The fourth-order valence-corrected chi connectivity index (χ4v) is 2.41. The zero-order valence-corrected chi connectivity index (χ0v) is 12.2. The van der Waals surface area contributed by atoms with E-state index in [4.69, 9.17) is 15.2 Å². The van der Waals surface area contributed by atoms with Crippen molar-refractivity contribution in [1.82, 2.24) is 5.32 Å². The number of carbonyl (C=O) groups is 1. The zero-order chi connectivity index (χ0) is 13.5. The Morgan fingerprint density at radius 3 is 2.75 bits per heavy atom. The number of ether oxygens (including phenoxy) is 2. The predicted octanol–water partition coefficient (Wildman–Crippen LogP) is 1.69. The second-order valence-electron chi connectivity index (χ2n) is 5.42. The Kier molecular flexibility index (Phi) is 4.11. The first-order chi connectivity index (χ1) is 9.12. The lowest BCUT2D eigenvalue weighted by atomic mass is 9.95. The topological polar surface area (TPSA) is 73.6 Å². The van der Waals surface area contributed by atoms with E-state index >= 15 is 0 Å². The van der Waals surface area contributed by atoms with Crippen molar-refractivity contribution in [3.63, 3.8) is 0 Å². The number of nitrogens with two attached hydrogens (primary N) is 1. The normalized spacial score (nSPS) is 18.9. The first-order valence-corrected chi connectivity index (χ1v) is 6.54. The van der Waals surface area contributed by atoms with Crippen molar-refractivity contribution in [3.8, 4) is 11.5 Å². The first kappa shape index (κ1) is 14.9. The molecule has 1 saturated carbocycles. The van der Waals surface area contributed by atoms with E-state index in [0.717, 1.165) is 12.8 Å². The van der Waals surface area contributed by atoms with Gasteiger partial charge in [-0.25, -0.2) is 0 Å². The number of benzene rings is 1. The molecular weight excluding hydrogens is 280 g/mol. The number of halogens is 1. The monoisotopic (exact) mass is 298 g/mol. The molecule has 2 aliphatic rings. The maximum absolute atomic E-state index is 12.3. The fraction of sp³-hybridized carbons (Fsp3) is 0.500. The number of hydrogen-bond donors (Lipinski definition) is 2. The molecule has 6 heteroatoms. The van der Waals surface area contributed by atoms with Gasteiger partial charge in [0, 0.05) is 12.1 Å². The van der Waals surface area contributed by atoms with E-state index < -0.39 is 0 Å². The maximum Gasteiger partial charge on any atom is 0.251 e. The minimum Gasteiger partial charge on any atom is -0.454 e. The van der Waals surface area contributed by atoms with E-state index in [-0.39, 0.29) is 30.6 Å². The quantitative estimate of drug-likeness (QED) is 0.887. The molecule has 1 unspecified atom stereocenters. The molecule has 1 heterocycles. The van der Waals surface area contributed by atoms with Crippen molar-refractivity contribution in [3.05, 3.63) is 23.8 Å². The van der Waals surface area contributed by atoms with E-state index in [1.807, 2.05) is 6.92 Å². The number of hydrogen-bond acceptors (Lipinski definition) is 4. The summed E-state index contributed by atoms with van der Waals surface area (Å²) < 4.78 is 10.5. The van der Waals surface area contributed by atoms with E-state index in [2.05, 4.69) is 5.32 Å². The molecule has 20 heavy (non-hydrogen) atoms. The van der Waals surface area contributed by atoms with E-state index in [1.54, 1.807) is 18.2 Å². The van der Waals surface area contributed by atoms with Crippen molar-refractivity contribution in [2.75, 3.05) is 13.3 Å². The van der Waals surface area contributed by atoms with Crippen LogP contribution in [0.15, 0.2) is 18.2 Å². The molecule has 1 aromatic carbocycles. The van der Waals surface area contributed by atoms with E-state index in [0.29, 0.717) is 29.5 Å². The Morgan fingerprint density at radius 2 is 2.10 bits per heavy atom. The third kappa shape index (κ3) is 2.69. The number of amides is 1. The SMILES string of the molecule is CC(CN)(NC(=O)c1ccc2c(c1)OCO2)C1CC1.Cl. The van der Waals surface area contributed by atoms with Gasteiger partial charge in [-0.2, -0.15) is 0 Å². The smallest absolute Gasteiger partial charge is 0.251 e. The molecule has 3 N–H and O–H groups in total. The molecular formula is C14H19ClN2O3. The third-order valence-electron chi connectivity index (χ3n) is 3.94. The van der Waals surface area contributed by atoms with Gasteiger partial charge in [0.2, 0.25) is 6.79 Å². The zero-order valence-electron chi connectivity index (χ0n) is 11.3. The Bertz CT molecular complexity index is 519. The lowest BCUT2D eigenvalue weighted by Crippen LogP contribution is -2.53. The first-order valence-electron chi connectivity index (χ1n) is 6.54. The highest BCUT2D eigenvalue weighted by molar-refractivity contribution is 5.95. The van der Waals surface area contributed by atoms with Gasteiger partial charge < -0.3 is 20.5 Å². The molecule has 0 bridgehead atoms. The summed E-state index contributed by atoms with van der Waals surface area (Å²) in [4.78, 5) is 12.3. The van der Waals surface area contributed by atoms with Crippen LogP contribution in [0.25, 0.3) is 0 Å². The van der Waals surface area contributed by atoms with E-state index in [1.165, 1.54) is 0 Å². The molecule has 1 aromatic rings. The van der Waals surface area contributed by atoms with Gasteiger partial charge >= 0.3 is 0 Å². The molecule has 1 fully saturated rings. The molecule has 0 aromatic heterocycles. The molecule has 1 atom stereocenters. The van der Waals surface area contributed by atoms with Crippen molar-refractivity contribution < 1.29 is 14.3 Å². The molecule has 0 radical (unpaired) electrons. The highest BCUT2D eigenvalue weighted by Gasteiger charge is 2.41. The summed E-state index contributed by atoms with van der Waals surface area (Å²) in [6.45, 7) is 2.67. The fourth-order valence-electron chi connectivity index (χ4n) is 2.41. The second kappa shape index (κ2) is 5.50. The molecule has 1 aliphatic carbocycles. The third-order valence-corrected chi connectivity index (χ3v) is 3.94. The van der Waals surface area contributed by atoms with Crippen molar-refractivity contribution in [2.24, 2.45) is 11.7 Å². The Hall–Kier alpha value is -1.46. The van der Waals surface area contributed by atoms with Crippen LogP contribution in [0.2, 0.25) is 0 Å². The highest BCUT2D eigenvalue weighted by Crippen LogP contribution is 2.39. The van der Waals surface area contributed by atoms with Gasteiger partial charge in [-0.3, -0.25) is 4.79 Å². The molecule has 0 spiro atoms. The van der Waals surface area contributed by atoms with Crippen LogP contribution < -0.4 is 20.5 Å². The van der Waals surface area contributed by atoms with Crippen molar-refractivity contribution in [1.29, 1.82) is 0 Å². The predicted molar refractivity (Wildman–Crippen MR) is 77.5 cm³/mol. The summed E-state index contributed by atoms with van der Waals surface area (Å²) in [5.74, 6) is 1.68. The van der Waals surface area contributed by atoms with Gasteiger partial charge in [0.25, 0.3) is 5.91 Å². The van der Waals surface area contributed by atoms with Gasteiger partial charge in [-0.05, 0) is 43.9 Å². The summed E-state index contributed by atoms with van der Waals surface area (Å²) in [6, 6.07) is 5.21. The minimum atomic E-state index is -0.312. The van der Waals surface area contributed by atoms with Crippen LogP contribution in [-0.4, -0.2) is 24.8 Å². The maximum atomic E-state index is 12.3. The lowest BCUT2D eigenvalue weighted by molar-refractivity contribution is 0.0897. The standard InChI is InChI=1S/C14H18N2O3.ClH/c1-14(7-15,10-3-4-10)16-13(17)9-2-5-11-12(6-9)19-8-18-11;/h2,5-6,10H,3-4,7-8,15H2,1H3,(H,16,17);1H. The summed E-state index contributed by atoms with van der Waals surface area (Å²) in [5, 5.41) is 3.05. The van der Waals surface area contributed by atoms with Crippen LogP contribution >= 0.6 is 12.4 Å². The summed E-state index contributed by atoms with van der Waals surface area (Å²) in [7, 11) is 0. The van der Waals surface area contributed by atoms with Gasteiger partial charge in [-0.1, -0.05) is 0 Å². The summed E-state index contributed by atoms with van der Waals surface area (Å²) in [6.07, 6.45) is 2.27. The average molecular weight is 299 g/mol. The van der Waals surface area contributed by atoms with E-state index in [9.17, 15) is 4.79 Å². The number of fused-ring (bicyclic) bond motifs is 1. The van der Waals surface area contributed by atoms with Gasteiger partial charge in [-0.15, -0.1) is 12.4 Å². The Labute approximate surface area is 124 Å². The summed E-state index contributed by atoms with van der Waals surface area (Å²) in [5.41, 5.74) is 6.07. The largest absolute Gasteiger partial charge is 0.454 e. The molecule has 3 rings (SSSR count).